The fourth-order valence-corrected chi connectivity index (χ4v) is 3.33. The van der Waals surface area contributed by atoms with Crippen molar-refractivity contribution in [3.05, 3.63) is 22.4 Å². The molecule has 0 aromatic carbocycles. The third-order valence-corrected chi connectivity index (χ3v) is 4.43. The second-order valence-corrected chi connectivity index (χ2v) is 6.42. The smallest absolute Gasteiger partial charge is 0.261 e. The summed E-state index contributed by atoms with van der Waals surface area (Å²) in [4.78, 5) is 8.63. The molecule has 110 valence electrons. The highest BCUT2D eigenvalue weighted by Gasteiger charge is 2.38. The summed E-state index contributed by atoms with van der Waals surface area (Å²) in [5.74, 6) is -2.54. The molecule has 0 radical (unpaired) electrons. The topological polar surface area (TPSA) is 19.4 Å². The van der Waals surface area contributed by atoms with Gasteiger partial charge in [-0.25, -0.2) is 13.8 Å². The van der Waals surface area contributed by atoms with Gasteiger partial charge in [0.25, 0.3) is 5.92 Å². The Morgan fingerprint density at radius 1 is 1.20 bits per heavy atom. The van der Waals surface area contributed by atoms with Crippen molar-refractivity contribution in [1.82, 2.24) is 9.88 Å². The Morgan fingerprint density at radius 3 is 2.60 bits per heavy atom. The van der Waals surface area contributed by atoms with Crippen molar-refractivity contribution in [2.75, 3.05) is 31.1 Å². The summed E-state index contributed by atoms with van der Waals surface area (Å²) in [6.45, 7) is 2.86. The van der Waals surface area contributed by atoms with Crippen LogP contribution in [-0.2, 0) is 6.54 Å². The van der Waals surface area contributed by atoms with Gasteiger partial charge in [-0.2, -0.15) is 0 Å². The maximum absolute atomic E-state index is 13.3. The molecule has 2 aliphatic rings. The van der Waals surface area contributed by atoms with Crippen LogP contribution in [0, 0.1) is 0 Å². The van der Waals surface area contributed by atoms with Gasteiger partial charge in [-0.1, -0.05) is 0 Å². The van der Waals surface area contributed by atoms with Crippen molar-refractivity contribution in [2.24, 2.45) is 0 Å². The highest BCUT2D eigenvalue weighted by molar-refractivity contribution is 9.10. The predicted octanol–water partition coefficient (Wildman–Crippen LogP) is 3.29. The van der Waals surface area contributed by atoms with Gasteiger partial charge in [0, 0.05) is 32.6 Å². The molecule has 3 nitrogen and oxygen atoms in total. The zero-order valence-corrected chi connectivity index (χ0v) is 12.9. The van der Waals surface area contributed by atoms with Crippen molar-refractivity contribution in [1.29, 1.82) is 0 Å². The van der Waals surface area contributed by atoms with E-state index in [1.165, 1.54) is 12.8 Å². The summed E-state index contributed by atoms with van der Waals surface area (Å²) in [5.41, 5.74) is 2.00. The molecule has 20 heavy (non-hydrogen) atoms. The number of halogens is 3. The Kier molecular flexibility index (Phi) is 3.95. The maximum Gasteiger partial charge on any atom is 0.261 e. The minimum Gasteiger partial charge on any atom is -0.370 e. The van der Waals surface area contributed by atoms with Crippen LogP contribution in [-0.4, -0.2) is 42.0 Å². The number of pyridine rings is 1. The van der Waals surface area contributed by atoms with Crippen LogP contribution < -0.4 is 4.90 Å². The van der Waals surface area contributed by atoms with Crippen LogP contribution in [0.25, 0.3) is 0 Å². The normalized spacial score (nSPS) is 22.6. The first-order chi connectivity index (χ1) is 9.53. The lowest BCUT2D eigenvalue weighted by Gasteiger charge is -2.23. The average Bonchev–Trinajstić information content (AvgIpc) is 2.99. The summed E-state index contributed by atoms with van der Waals surface area (Å²) in [7, 11) is 0. The van der Waals surface area contributed by atoms with E-state index in [2.05, 4.69) is 25.8 Å². The molecule has 2 aliphatic heterocycles. The standard InChI is InChI=1S/C14H18BrF2N3/c15-13-4-3-12(20-6-1-2-7-20)11(18-13)9-19-8-5-14(16,17)10-19/h3-4H,1-2,5-10H2. The van der Waals surface area contributed by atoms with E-state index in [1.54, 1.807) is 4.90 Å². The van der Waals surface area contributed by atoms with E-state index in [1.807, 2.05) is 12.1 Å². The van der Waals surface area contributed by atoms with Crippen LogP contribution in [0.1, 0.15) is 25.0 Å². The monoisotopic (exact) mass is 345 g/mol. The Balaban J connectivity index is 1.79. The van der Waals surface area contributed by atoms with Gasteiger partial charge in [-0.3, -0.25) is 4.90 Å². The van der Waals surface area contributed by atoms with Crippen molar-refractivity contribution >= 4 is 21.6 Å². The summed E-state index contributed by atoms with van der Waals surface area (Å²) in [6, 6.07) is 3.97. The molecule has 0 spiro atoms. The number of hydrogen-bond acceptors (Lipinski definition) is 3. The Hall–Kier alpha value is -0.750. The second-order valence-electron chi connectivity index (χ2n) is 5.61. The van der Waals surface area contributed by atoms with E-state index in [4.69, 9.17) is 0 Å². The van der Waals surface area contributed by atoms with Gasteiger partial charge < -0.3 is 4.90 Å². The zero-order valence-electron chi connectivity index (χ0n) is 11.3. The van der Waals surface area contributed by atoms with Gasteiger partial charge in [-0.15, -0.1) is 0 Å². The highest BCUT2D eigenvalue weighted by Crippen LogP contribution is 2.31. The first-order valence-corrected chi connectivity index (χ1v) is 7.83. The molecule has 0 unspecified atom stereocenters. The number of rotatable bonds is 3. The van der Waals surface area contributed by atoms with E-state index >= 15 is 0 Å². The van der Waals surface area contributed by atoms with Gasteiger partial charge in [0.1, 0.15) is 4.60 Å². The largest absolute Gasteiger partial charge is 0.370 e. The Morgan fingerprint density at radius 2 is 1.95 bits per heavy atom. The summed E-state index contributed by atoms with van der Waals surface area (Å²) < 4.78 is 27.4. The van der Waals surface area contributed by atoms with Crippen molar-refractivity contribution in [2.45, 2.75) is 31.7 Å². The van der Waals surface area contributed by atoms with Crippen LogP contribution >= 0.6 is 15.9 Å². The van der Waals surface area contributed by atoms with E-state index in [9.17, 15) is 8.78 Å². The van der Waals surface area contributed by atoms with Crippen LogP contribution in [0.15, 0.2) is 16.7 Å². The molecule has 0 N–H and O–H groups in total. The van der Waals surface area contributed by atoms with Crippen LogP contribution in [0.3, 0.4) is 0 Å². The van der Waals surface area contributed by atoms with E-state index in [0.29, 0.717) is 13.1 Å². The Labute approximate surface area is 126 Å². The number of aromatic nitrogens is 1. The van der Waals surface area contributed by atoms with Gasteiger partial charge in [0.2, 0.25) is 0 Å². The fraction of sp³-hybridized carbons (Fsp3) is 0.643. The number of hydrogen-bond donors (Lipinski definition) is 0. The minimum atomic E-state index is -2.54. The lowest BCUT2D eigenvalue weighted by atomic mass is 10.2. The van der Waals surface area contributed by atoms with Gasteiger partial charge in [0.05, 0.1) is 17.9 Å². The molecular weight excluding hydrogens is 328 g/mol. The van der Waals surface area contributed by atoms with Gasteiger partial charge in [-0.05, 0) is 40.9 Å². The second kappa shape index (κ2) is 5.56. The van der Waals surface area contributed by atoms with Gasteiger partial charge >= 0.3 is 0 Å². The molecule has 1 aromatic heterocycles. The molecule has 0 saturated carbocycles. The first-order valence-electron chi connectivity index (χ1n) is 7.04. The zero-order chi connectivity index (χ0) is 14.2. The minimum absolute atomic E-state index is 0.0416. The fourth-order valence-electron chi connectivity index (χ4n) is 2.98. The molecule has 0 bridgehead atoms. The van der Waals surface area contributed by atoms with Crippen LogP contribution in [0.5, 0.6) is 0 Å². The SMILES string of the molecule is FC1(F)CCN(Cc2nc(Br)ccc2N2CCCC2)C1. The van der Waals surface area contributed by atoms with Crippen molar-refractivity contribution in [3.63, 3.8) is 0 Å². The molecule has 2 saturated heterocycles. The Bertz CT molecular complexity index is 489. The molecule has 0 atom stereocenters. The van der Waals surface area contributed by atoms with Crippen LogP contribution in [0.4, 0.5) is 14.5 Å². The van der Waals surface area contributed by atoms with Crippen molar-refractivity contribution in [3.8, 4) is 0 Å². The van der Waals surface area contributed by atoms with E-state index in [-0.39, 0.29) is 13.0 Å². The average molecular weight is 346 g/mol. The quantitative estimate of drug-likeness (QED) is 0.783. The number of nitrogens with zero attached hydrogens (tertiary/aromatic N) is 3. The number of anilines is 1. The summed E-state index contributed by atoms with van der Waals surface area (Å²) in [6.07, 6.45) is 2.34. The molecule has 2 fully saturated rings. The molecule has 3 rings (SSSR count). The molecule has 6 heteroatoms. The van der Waals surface area contributed by atoms with E-state index in [0.717, 1.165) is 29.1 Å². The summed E-state index contributed by atoms with van der Waals surface area (Å²) in [5, 5.41) is 0. The first kappa shape index (κ1) is 14.2. The lowest BCUT2D eigenvalue weighted by molar-refractivity contribution is 0.0114. The maximum atomic E-state index is 13.3. The number of likely N-dealkylation sites (tertiary alicyclic amines) is 1. The van der Waals surface area contributed by atoms with Gasteiger partial charge in [0.15, 0.2) is 0 Å². The molecular formula is C14H18BrF2N3. The highest BCUT2D eigenvalue weighted by atomic mass is 79.9. The summed E-state index contributed by atoms with van der Waals surface area (Å²) >= 11 is 3.38. The molecule has 0 amide bonds. The molecule has 3 heterocycles. The number of alkyl halides is 2. The van der Waals surface area contributed by atoms with E-state index < -0.39 is 5.92 Å². The van der Waals surface area contributed by atoms with Crippen molar-refractivity contribution < 1.29 is 8.78 Å². The third kappa shape index (κ3) is 3.11. The third-order valence-electron chi connectivity index (χ3n) is 3.99. The van der Waals surface area contributed by atoms with Crippen LogP contribution in [0.2, 0.25) is 0 Å². The molecule has 0 aliphatic carbocycles. The lowest BCUT2D eigenvalue weighted by Crippen LogP contribution is -2.27. The predicted molar refractivity (Wildman–Crippen MR) is 78.2 cm³/mol. The molecule has 1 aromatic rings.